The lowest BCUT2D eigenvalue weighted by molar-refractivity contribution is 0.0982. The van der Waals surface area contributed by atoms with Crippen molar-refractivity contribution in [3.05, 3.63) is 102 Å². The summed E-state index contributed by atoms with van der Waals surface area (Å²) in [6.45, 7) is 3.90. The van der Waals surface area contributed by atoms with Gasteiger partial charge in [0.05, 0.1) is 34.5 Å². The predicted octanol–water partition coefficient (Wildman–Crippen LogP) is 5.31. The van der Waals surface area contributed by atoms with Crippen LogP contribution in [-0.4, -0.2) is 30.5 Å². The number of nitrogens with zero attached hydrogens (tertiary/aromatic N) is 5. The molecular weight excluding hydrogens is 410 g/mol. The van der Waals surface area contributed by atoms with Gasteiger partial charge in [0.25, 0.3) is 0 Å². The van der Waals surface area contributed by atoms with Gasteiger partial charge in [-0.05, 0) is 56.2 Å². The fourth-order valence-corrected chi connectivity index (χ4v) is 3.84. The van der Waals surface area contributed by atoms with Gasteiger partial charge in [0.1, 0.15) is 0 Å². The SMILES string of the molecule is Cc1ccc(-c2cc(C(=O)CCc3cnc(C)cn3)cc3c2cnn3-c2ccccc2)nc1. The van der Waals surface area contributed by atoms with Crippen molar-refractivity contribution in [2.75, 3.05) is 0 Å². The molecule has 0 unspecified atom stereocenters. The molecular formula is C27H23N5O. The fraction of sp³-hybridized carbons (Fsp3) is 0.148. The van der Waals surface area contributed by atoms with Gasteiger partial charge >= 0.3 is 0 Å². The Morgan fingerprint density at radius 1 is 0.879 bits per heavy atom. The van der Waals surface area contributed by atoms with Crippen molar-refractivity contribution in [2.24, 2.45) is 0 Å². The molecule has 5 rings (SSSR count). The van der Waals surface area contributed by atoms with Crippen LogP contribution in [0.15, 0.2) is 79.4 Å². The van der Waals surface area contributed by atoms with Gasteiger partial charge in [-0.25, -0.2) is 4.68 Å². The number of benzene rings is 2. The standard InChI is InChI=1S/C27H23N5O/c1-18-8-10-25(30-14-18)23-12-20(27(33)11-9-21-16-28-19(2)15-29-21)13-26-24(23)17-31-32(26)22-6-4-3-5-7-22/h3-8,10,12-17H,9,11H2,1-2H3. The number of carbonyl (C=O) groups excluding carboxylic acids is 1. The summed E-state index contributed by atoms with van der Waals surface area (Å²) in [4.78, 5) is 26.5. The summed E-state index contributed by atoms with van der Waals surface area (Å²) >= 11 is 0. The summed E-state index contributed by atoms with van der Waals surface area (Å²) in [5.41, 5.74) is 6.92. The van der Waals surface area contributed by atoms with Crippen molar-refractivity contribution in [3.8, 4) is 16.9 Å². The molecule has 0 radical (unpaired) electrons. The van der Waals surface area contributed by atoms with Crippen molar-refractivity contribution in [1.29, 1.82) is 0 Å². The van der Waals surface area contributed by atoms with E-state index in [-0.39, 0.29) is 5.78 Å². The van der Waals surface area contributed by atoms with Crippen LogP contribution in [0.5, 0.6) is 0 Å². The Balaban J connectivity index is 1.58. The van der Waals surface area contributed by atoms with Crippen molar-refractivity contribution in [1.82, 2.24) is 24.7 Å². The second-order valence-corrected chi connectivity index (χ2v) is 8.14. The quantitative estimate of drug-likeness (QED) is 0.339. The number of aryl methyl sites for hydroxylation is 3. The van der Waals surface area contributed by atoms with Crippen LogP contribution in [0, 0.1) is 13.8 Å². The number of hydrogen-bond acceptors (Lipinski definition) is 5. The molecule has 162 valence electrons. The van der Waals surface area contributed by atoms with Gasteiger partial charge in [-0.2, -0.15) is 5.10 Å². The summed E-state index contributed by atoms with van der Waals surface area (Å²) in [6.07, 6.45) is 8.04. The minimum atomic E-state index is 0.0495. The predicted molar refractivity (Wildman–Crippen MR) is 128 cm³/mol. The van der Waals surface area contributed by atoms with Crippen LogP contribution in [0.1, 0.15) is 33.7 Å². The van der Waals surface area contributed by atoms with Crippen LogP contribution >= 0.6 is 0 Å². The first-order valence-electron chi connectivity index (χ1n) is 10.9. The van der Waals surface area contributed by atoms with Gasteiger partial charge < -0.3 is 0 Å². The minimum absolute atomic E-state index is 0.0495. The summed E-state index contributed by atoms with van der Waals surface area (Å²) in [5, 5.41) is 5.59. The minimum Gasteiger partial charge on any atom is -0.294 e. The highest BCUT2D eigenvalue weighted by Crippen LogP contribution is 2.31. The van der Waals surface area contributed by atoms with Gasteiger partial charge in [0, 0.05) is 41.5 Å². The molecule has 0 aliphatic rings. The highest BCUT2D eigenvalue weighted by atomic mass is 16.1. The molecule has 0 saturated carbocycles. The van der Waals surface area contributed by atoms with E-state index in [1.807, 2.05) is 85.5 Å². The van der Waals surface area contributed by atoms with Gasteiger partial charge in [-0.3, -0.25) is 19.7 Å². The zero-order valence-corrected chi connectivity index (χ0v) is 18.6. The molecule has 33 heavy (non-hydrogen) atoms. The molecule has 3 aromatic heterocycles. The average Bonchev–Trinajstić information content (AvgIpc) is 3.28. The monoisotopic (exact) mass is 433 g/mol. The zero-order chi connectivity index (χ0) is 22.8. The lowest BCUT2D eigenvalue weighted by Crippen LogP contribution is -2.04. The first kappa shape index (κ1) is 20.7. The number of hydrogen-bond donors (Lipinski definition) is 0. The Morgan fingerprint density at radius 2 is 1.73 bits per heavy atom. The smallest absolute Gasteiger partial charge is 0.163 e. The summed E-state index contributed by atoms with van der Waals surface area (Å²) < 4.78 is 1.87. The van der Waals surface area contributed by atoms with Gasteiger partial charge in [-0.15, -0.1) is 0 Å². The molecule has 0 fully saturated rings. The van der Waals surface area contributed by atoms with E-state index in [4.69, 9.17) is 0 Å². The van der Waals surface area contributed by atoms with Gasteiger partial charge in [-0.1, -0.05) is 24.3 Å². The van der Waals surface area contributed by atoms with E-state index < -0.39 is 0 Å². The van der Waals surface area contributed by atoms with Crippen LogP contribution in [0.2, 0.25) is 0 Å². The van der Waals surface area contributed by atoms with E-state index in [1.54, 1.807) is 12.4 Å². The average molecular weight is 434 g/mol. The molecule has 0 aliphatic carbocycles. The van der Waals surface area contributed by atoms with E-state index >= 15 is 0 Å². The summed E-state index contributed by atoms with van der Waals surface area (Å²) in [5.74, 6) is 0.0495. The third-order valence-corrected chi connectivity index (χ3v) is 5.64. The molecule has 6 nitrogen and oxygen atoms in total. The maximum absolute atomic E-state index is 13.2. The van der Waals surface area contributed by atoms with E-state index in [0.717, 1.165) is 44.8 Å². The Bertz CT molecular complexity index is 1420. The molecule has 0 bridgehead atoms. The molecule has 0 N–H and O–H groups in total. The first-order valence-corrected chi connectivity index (χ1v) is 10.9. The van der Waals surface area contributed by atoms with Crippen LogP contribution in [0.3, 0.4) is 0 Å². The van der Waals surface area contributed by atoms with Crippen LogP contribution in [0.25, 0.3) is 27.8 Å². The third kappa shape index (κ3) is 4.28. The van der Waals surface area contributed by atoms with Crippen LogP contribution in [0.4, 0.5) is 0 Å². The molecule has 0 aliphatic heterocycles. The Labute approximate surface area is 192 Å². The largest absolute Gasteiger partial charge is 0.294 e. The second-order valence-electron chi connectivity index (χ2n) is 8.14. The molecule has 0 saturated heterocycles. The van der Waals surface area contributed by atoms with Crippen LogP contribution in [-0.2, 0) is 6.42 Å². The highest BCUT2D eigenvalue weighted by Gasteiger charge is 2.17. The molecule has 0 spiro atoms. The van der Waals surface area contributed by atoms with Crippen molar-refractivity contribution >= 4 is 16.7 Å². The normalized spacial score (nSPS) is 11.1. The number of rotatable bonds is 6. The van der Waals surface area contributed by atoms with E-state index in [1.165, 1.54) is 0 Å². The zero-order valence-electron chi connectivity index (χ0n) is 18.6. The topological polar surface area (TPSA) is 73.6 Å². The Morgan fingerprint density at radius 3 is 2.45 bits per heavy atom. The molecule has 3 heterocycles. The maximum Gasteiger partial charge on any atom is 0.163 e. The third-order valence-electron chi connectivity index (χ3n) is 5.64. The molecule has 0 atom stereocenters. The van der Waals surface area contributed by atoms with E-state index in [2.05, 4.69) is 20.1 Å². The van der Waals surface area contributed by atoms with Gasteiger partial charge in [0.2, 0.25) is 0 Å². The Hall–Kier alpha value is -4.19. The second kappa shape index (κ2) is 8.74. The number of para-hydroxylation sites is 1. The lowest BCUT2D eigenvalue weighted by atomic mass is 9.98. The van der Waals surface area contributed by atoms with Crippen LogP contribution < -0.4 is 0 Å². The van der Waals surface area contributed by atoms with E-state index in [0.29, 0.717) is 18.4 Å². The first-order chi connectivity index (χ1) is 16.1. The Kier molecular flexibility index (Phi) is 5.48. The van der Waals surface area contributed by atoms with E-state index in [9.17, 15) is 4.79 Å². The van der Waals surface area contributed by atoms with Crippen molar-refractivity contribution in [3.63, 3.8) is 0 Å². The number of pyridine rings is 1. The molecule has 5 aromatic rings. The molecule has 0 amide bonds. The highest BCUT2D eigenvalue weighted by molar-refractivity contribution is 6.04. The number of Topliss-reactive ketones (excluding diaryl/α,β-unsaturated/α-hetero) is 1. The fourth-order valence-electron chi connectivity index (χ4n) is 3.84. The summed E-state index contributed by atoms with van der Waals surface area (Å²) in [6, 6.07) is 17.8. The maximum atomic E-state index is 13.2. The number of aromatic nitrogens is 5. The number of carbonyl (C=O) groups is 1. The molecule has 2 aromatic carbocycles. The summed E-state index contributed by atoms with van der Waals surface area (Å²) in [7, 11) is 0. The lowest BCUT2D eigenvalue weighted by Gasteiger charge is -2.10. The number of fused-ring (bicyclic) bond motifs is 1. The van der Waals surface area contributed by atoms with Gasteiger partial charge in [0.15, 0.2) is 5.78 Å². The molecule has 6 heteroatoms. The van der Waals surface area contributed by atoms with Crippen molar-refractivity contribution in [2.45, 2.75) is 26.7 Å². The number of ketones is 1. The van der Waals surface area contributed by atoms with Crippen molar-refractivity contribution < 1.29 is 4.79 Å².